The molecular weight excluding hydrogens is 406 g/mol. The Morgan fingerprint density at radius 3 is 2.41 bits per heavy atom. The van der Waals surface area contributed by atoms with Crippen LogP contribution in [0.3, 0.4) is 0 Å². The molecule has 2 aliphatic heterocycles. The maximum absolute atomic E-state index is 13.2. The lowest BCUT2D eigenvalue weighted by Gasteiger charge is -2.35. The van der Waals surface area contributed by atoms with Gasteiger partial charge in [0.2, 0.25) is 5.91 Å². The number of amides is 1. The van der Waals surface area contributed by atoms with E-state index in [1.807, 2.05) is 11.8 Å². The number of carbonyl (C=O) groups is 1. The van der Waals surface area contributed by atoms with Crippen molar-refractivity contribution in [3.8, 4) is 0 Å². The summed E-state index contributed by atoms with van der Waals surface area (Å²) in [5, 5.41) is 0. The maximum Gasteiger partial charge on any atom is 0.252 e. The first-order chi connectivity index (χ1) is 13.9. The molecule has 3 heterocycles. The van der Waals surface area contributed by atoms with E-state index in [-0.39, 0.29) is 5.91 Å². The van der Waals surface area contributed by atoms with Crippen molar-refractivity contribution in [3.63, 3.8) is 0 Å². The van der Waals surface area contributed by atoms with E-state index in [9.17, 15) is 13.2 Å². The lowest BCUT2D eigenvalue weighted by Crippen LogP contribution is -2.48. The molecule has 2 aromatic rings. The molecule has 0 radical (unpaired) electrons. The van der Waals surface area contributed by atoms with Gasteiger partial charge in [-0.05, 0) is 37.1 Å². The number of thiophene rings is 1. The van der Waals surface area contributed by atoms with Gasteiger partial charge in [-0.1, -0.05) is 24.6 Å². The molecule has 0 unspecified atom stereocenters. The molecular formula is C21H27N3O3S2. The van der Waals surface area contributed by atoms with Crippen molar-refractivity contribution in [2.75, 3.05) is 37.6 Å². The van der Waals surface area contributed by atoms with Crippen LogP contribution < -0.4 is 4.90 Å². The minimum absolute atomic E-state index is 0.124. The number of hydrogen-bond donors (Lipinski definition) is 0. The van der Waals surface area contributed by atoms with Gasteiger partial charge in [-0.25, -0.2) is 8.42 Å². The minimum atomic E-state index is -3.49. The van der Waals surface area contributed by atoms with Gasteiger partial charge >= 0.3 is 0 Å². The second-order valence-electron chi connectivity index (χ2n) is 7.66. The van der Waals surface area contributed by atoms with E-state index >= 15 is 0 Å². The molecule has 0 bridgehead atoms. The second-order valence-corrected chi connectivity index (χ2v) is 11.0. The summed E-state index contributed by atoms with van der Waals surface area (Å²) in [7, 11) is -3.49. The van der Waals surface area contributed by atoms with E-state index in [2.05, 4.69) is 36.1 Å². The number of aryl methyl sites for hydroxylation is 1. The molecule has 0 atom stereocenters. The molecule has 1 amide bonds. The largest absolute Gasteiger partial charge is 0.369 e. The van der Waals surface area contributed by atoms with E-state index < -0.39 is 10.0 Å². The highest BCUT2D eigenvalue weighted by atomic mass is 32.2. The molecule has 8 heteroatoms. The van der Waals surface area contributed by atoms with Crippen LogP contribution in [-0.4, -0.2) is 56.3 Å². The van der Waals surface area contributed by atoms with Crippen LogP contribution in [0.2, 0.25) is 0 Å². The van der Waals surface area contributed by atoms with Crippen molar-refractivity contribution in [1.82, 2.24) is 9.21 Å². The Hall–Kier alpha value is -1.90. The normalized spacial score (nSPS) is 18.0. The number of carbonyl (C=O) groups excluding carboxylic acids is 1. The number of anilines is 1. The predicted octanol–water partition coefficient (Wildman–Crippen LogP) is 2.86. The third kappa shape index (κ3) is 4.06. The Morgan fingerprint density at radius 2 is 1.76 bits per heavy atom. The molecule has 0 spiro atoms. The van der Waals surface area contributed by atoms with Gasteiger partial charge in [-0.3, -0.25) is 4.79 Å². The summed E-state index contributed by atoms with van der Waals surface area (Å²) >= 11 is 1.37. The first-order valence-electron chi connectivity index (χ1n) is 10.1. The number of nitrogens with zero attached hydrogens (tertiary/aromatic N) is 3. The summed E-state index contributed by atoms with van der Waals surface area (Å²) in [6.07, 6.45) is 1.22. The highest BCUT2D eigenvalue weighted by Gasteiger charge is 2.32. The van der Waals surface area contributed by atoms with Crippen LogP contribution in [0.15, 0.2) is 34.5 Å². The zero-order chi connectivity index (χ0) is 20.6. The third-order valence-electron chi connectivity index (χ3n) is 5.73. The zero-order valence-corrected chi connectivity index (χ0v) is 18.6. The highest BCUT2D eigenvalue weighted by molar-refractivity contribution is 7.91. The predicted molar refractivity (Wildman–Crippen MR) is 116 cm³/mol. The van der Waals surface area contributed by atoms with Crippen molar-refractivity contribution >= 4 is 33.0 Å². The lowest BCUT2D eigenvalue weighted by atomic mass is 10.1. The standard InChI is InChI=1S/C21H27N3O3S2/c1-3-20(25)23-9-8-19-17(15-23)14-21(28-19)29(26,27)24-12-10-22(11-13-24)18-6-4-16(2)5-7-18/h4-7,14H,3,8-13,15H2,1-2H3. The van der Waals surface area contributed by atoms with Crippen LogP contribution in [0.1, 0.15) is 29.3 Å². The molecule has 1 aromatic carbocycles. The molecule has 2 aliphatic rings. The van der Waals surface area contributed by atoms with Crippen LogP contribution in [0.4, 0.5) is 5.69 Å². The SMILES string of the molecule is CCC(=O)N1CCc2sc(S(=O)(=O)N3CCN(c4ccc(C)cc4)CC3)cc2C1. The smallest absolute Gasteiger partial charge is 0.252 e. The van der Waals surface area contributed by atoms with E-state index in [4.69, 9.17) is 0 Å². The summed E-state index contributed by atoms with van der Waals surface area (Å²) < 4.78 is 28.4. The van der Waals surface area contributed by atoms with Gasteiger partial charge in [0.25, 0.3) is 10.0 Å². The molecule has 0 N–H and O–H groups in total. The third-order valence-corrected chi connectivity index (χ3v) is 9.32. The van der Waals surface area contributed by atoms with Gasteiger partial charge in [0.15, 0.2) is 0 Å². The fourth-order valence-electron chi connectivity index (χ4n) is 3.94. The van der Waals surface area contributed by atoms with Gasteiger partial charge in [0.1, 0.15) is 4.21 Å². The van der Waals surface area contributed by atoms with Crippen LogP contribution in [0.25, 0.3) is 0 Å². The Balaban J connectivity index is 1.45. The van der Waals surface area contributed by atoms with Crippen LogP contribution in [0.5, 0.6) is 0 Å². The van der Waals surface area contributed by atoms with Gasteiger partial charge < -0.3 is 9.80 Å². The first-order valence-corrected chi connectivity index (χ1v) is 12.4. The summed E-state index contributed by atoms with van der Waals surface area (Å²) in [6.45, 7) is 7.46. The molecule has 6 nitrogen and oxygen atoms in total. The Kier molecular flexibility index (Phi) is 5.68. The summed E-state index contributed by atoms with van der Waals surface area (Å²) in [5.74, 6) is 0.124. The van der Waals surface area contributed by atoms with Crippen LogP contribution in [-0.2, 0) is 27.8 Å². The van der Waals surface area contributed by atoms with E-state index in [1.54, 1.807) is 10.4 Å². The number of sulfonamides is 1. The van der Waals surface area contributed by atoms with E-state index in [1.165, 1.54) is 16.9 Å². The quantitative estimate of drug-likeness (QED) is 0.744. The molecule has 1 saturated heterocycles. The van der Waals surface area contributed by atoms with Crippen molar-refractivity contribution in [2.45, 2.75) is 37.4 Å². The van der Waals surface area contributed by atoms with Gasteiger partial charge in [0.05, 0.1) is 0 Å². The number of rotatable bonds is 4. The van der Waals surface area contributed by atoms with Gasteiger partial charge in [0, 0.05) is 56.3 Å². The average molecular weight is 434 g/mol. The van der Waals surface area contributed by atoms with Crippen LogP contribution in [0, 0.1) is 6.92 Å². The molecule has 1 fully saturated rings. The summed E-state index contributed by atoms with van der Waals surface area (Å²) in [6, 6.07) is 10.1. The fraction of sp³-hybridized carbons (Fsp3) is 0.476. The van der Waals surface area contributed by atoms with E-state index in [0.717, 1.165) is 22.5 Å². The van der Waals surface area contributed by atoms with Crippen molar-refractivity contribution in [3.05, 3.63) is 46.3 Å². The van der Waals surface area contributed by atoms with Crippen molar-refractivity contribution < 1.29 is 13.2 Å². The fourth-order valence-corrected chi connectivity index (χ4v) is 7.06. The highest BCUT2D eigenvalue weighted by Crippen LogP contribution is 2.33. The molecule has 4 rings (SSSR count). The minimum Gasteiger partial charge on any atom is -0.369 e. The Bertz CT molecular complexity index is 991. The van der Waals surface area contributed by atoms with Crippen molar-refractivity contribution in [2.24, 2.45) is 0 Å². The number of hydrogen-bond acceptors (Lipinski definition) is 5. The Labute approximate surface area is 176 Å². The van der Waals surface area contributed by atoms with Gasteiger partial charge in [-0.2, -0.15) is 4.31 Å². The molecule has 29 heavy (non-hydrogen) atoms. The Morgan fingerprint density at radius 1 is 1.07 bits per heavy atom. The number of benzene rings is 1. The first kappa shape index (κ1) is 20.4. The summed E-state index contributed by atoms with van der Waals surface area (Å²) in [5.41, 5.74) is 3.34. The maximum atomic E-state index is 13.2. The van der Waals surface area contributed by atoms with E-state index in [0.29, 0.717) is 49.9 Å². The monoisotopic (exact) mass is 433 g/mol. The number of piperazine rings is 1. The zero-order valence-electron chi connectivity index (χ0n) is 16.9. The lowest BCUT2D eigenvalue weighted by molar-refractivity contribution is -0.131. The van der Waals surface area contributed by atoms with Crippen molar-refractivity contribution in [1.29, 1.82) is 0 Å². The molecule has 156 valence electrons. The summed E-state index contributed by atoms with van der Waals surface area (Å²) in [4.78, 5) is 17.2. The van der Waals surface area contributed by atoms with Gasteiger partial charge in [-0.15, -0.1) is 11.3 Å². The average Bonchev–Trinajstić information content (AvgIpc) is 3.18. The topological polar surface area (TPSA) is 60.9 Å². The molecule has 1 aromatic heterocycles. The molecule has 0 saturated carbocycles. The molecule has 0 aliphatic carbocycles. The van der Waals surface area contributed by atoms with Crippen LogP contribution >= 0.6 is 11.3 Å². The number of fused-ring (bicyclic) bond motifs is 1. The second kappa shape index (κ2) is 8.08.